The van der Waals surface area contributed by atoms with E-state index in [1.165, 1.54) is 18.2 Å². The molecule has 0 saturated carbocycles. The van der Waals surface area contributed by atoms with Crippen LogP contribution in [0.3, 0.4) is 0 Å². The molecule has 110 valence electrons. The minimum Gasteiger partial charge on any atom is -0.508 e. The van der Waals surface area contributed by atoms with E-state index < -0.39 is 16.0 Å². The summed E-state index contributed by atoms with van der Waals surface area (Å²) in [6.45, 7) is 1.64. The molecule has 2 aromatic carbocycles. The second kappa shape index (κ2) is 5.45. The number of anilines is 1. The van der Waals surface area contributed by atoms with Gasteiger partial charge in [0.2, 0.25) is 0 Å². The molecule has 7 heteroatoms. The zero-order chi connectivity index (χ0) is 15.6. The Kier molecular flexibility index (Phi) is 3.86. The van der Waals surface area contributed by atoms with Gasteiger partial charge >= 0.3 is 5.97 Å². The van der Waals surface area contributed by atoms with Gasteiger partial charge in [0, 0.05) is 0 Å². The largest absolute Gasteiger partial charge is 0.508 e. The van der Waals surface area contributed by atoms with Gasteiger partial charge in [-0.15, -0.1) is 0 Å². The first-order valence-electron chi connectivity index (χ1n) is 5.96. The van der Waals surface area contributed by atoms with Gasteiger partial charge in [0.25, 0.3) is 10.0 Å². The molecule has 0 aliphatic heterocycles. The molecule has 0 atom stereocenters. The summed E-state index contributed by atoms with van der Waals surface area (Å²) in [6, 6.07) is 9.75. The zero-order valence-corrected chi connectivity index (χ0v) is 11.9. The van der Waals surface area contributed by atoms with Crippen molar-refractivity contribution in [2.45, 2.75) is 11.8 Å². The number of carboxylic acid groups (broad SMARTS) is 1. The van der Waals surface area contributed by atoms with E-state index in [4.69, 9.17) is 5.11 Å². The zero-order valence-electron chi connectivity index (χ0n) is 11.1. The summed E-state index contributed by atoms with van der Waals surface area (Å²) >= 11 is 0. The number of phenols is 1. The first kappa shape index (κ1) is 14.9. The number of carboxylic acids is 1. The molecule has 0 fully saturated rings. The standard InChI is InChI=1S/C14H13NO5S/c1-9-4-2-3-5-13(9)21(19,20)15-12-7-6-10(16)8-11(12)14(17)18/h2-8,15-16H,1H3,(H,17,18). The van der Waals surface area contributed by atoms with Gasteiger partial charge in [0.15, 0.2) is 0 Å². The number of sulfonamides is 1. The Labute approximate surface area is 121 Å². The maximum atomic E-state index is 12.3. The summed E-state index contributed by atoms with van der Waals surface area (Å²) in [5, 5.41) is 18.4. The van der Waals surface area contributed by atoms with Crippen LogP contribution in [0, 0.1) is 6.92 Å². The van der Waals surface area contributed by atoms with Gasteiger partial charge in [0.1, 0.15) is 5.75 Å². The third kappa shape index (κ3) is 3.14. The number of aromatic hydroxyl groups is 1. The fourth-order valence-corrected chi connectivity index (χ4v) is 3.18. The maximum absolute atomic E-state index is 12.3. The van der Waals surface area contributed by atoms with Gasteiger partial charge in [0.05, 0.1) is 16.1 Å². The van der Waals surface area contributed by atoms with Crippen molar-refractivity contribution >= 4 is 21.7 Å². The van der Waals surface area contributed by atoms with Gasteiger partial charge in [-0.05, 0) is 36.8 Å². The quantitative estimate of drug-likeness (QED) is 0.751. The number of benzene rings is 2. The van der Waals surface area contributed by atoms with Gasteiger partial charge in [-0.3, -0.25) is 4.72 Å². The first-order valence-corrected chi connectivity index (χ1v) is 7.44. The van der Waals surface area contributed by atoms with Gasteiger partial charge < -0.3 is 10.2 Å². The van der Waals surface area contributed by atoms with E-state index >= 15 is 0 Å². The van der Waals surface area contributed by atoms with Crippen molar-refractivity contribution in [3.05, 3.63) is 53.6 Å². The van der Waals surface area contributed by atoms with E-state index in [-0.39, 0.29) is 21.9 Å². The molecule has 2 rings (SSSR count). The van der Waals surface area contributed by atoms with E-state index in [1.54, 1.807) is 25.1 Å². The van der Waals surface area contributed by atoms with E-state index in [1.807, 2.05) is 0 Å². The molecule has 0 bridgehead atoms. The fourth-order valence-electron chi connectivity index (χ4n) is 1.86. The second-order valence-electron chi connectivity index (χ2n) is 4.41. The highest BCUT2D eigenvalue weighted by Crippen LogP contribution is 2.25. The Morgan fingerprint density at radius 2 is 1.81 bits per heavy atom. The van der Waals surface area contributed by atoms with Crippen LogP contribution in [0.1, 0.15) is 15.9 Å². The van der Waals surface area contributed by atoms with Gasteiger partial charge in [-0.2, -0.15) is 0 Å². The lowest BCUT2D eigenvalue weighted by Crippen LogP contribution is -2.16. The summed E-state index contributed by atoms with van der Waals surface area (Å²) < 4.78 is 26.9. The topological polar surface area (TPSA) is 104 Å². The highest BCUT2D eigenvalue weighted by molar-refractivity contribution is 7.92. The molecular weight excluding hydrogens is 294 g/mol. The van der Waals surface area contributed by atoms with Crippen molar-refractivity contribution in [2.75, 3.05) is 4.72 Å². The van der Waals surface area contributed by atoms with E-state index in [2.05, 4.69) is 4.72 Å². The molecule has 0 radical (unpaired) electrons. The number of carbonyl (C=O) groups is 1. The average molecular weight is 307 g/mol. The highest BCUT2D eigenvalue weighted by atomic mass is 32.2. The van der Waals surface area contributed by atoms with Crippen LogP contribution in [-0.4, -0.2) is 24.6 Å². The molecule has 6 nitrogen and oxygen atoms in total. The third-order valence-corrected chi connectivity index (χ3v) is 4.39. The van der Waals surface area contributed by atoms with Crippen molar-refractivity contribution in [1.29, 1.82) is 0 Å². The average Bonchev–Trinajstić information content (AvgIpc) is 2.40. The Bertz CT molecular complexity index is 799. The van der Waals surface area contributed by atoms with Crippen molar-refractivity contribution in [1.82, 2.24) is 0 Å². The molecule has 0 spiro atoms. The van der Waals surface area contributed by atoms with Crippen molar-refractivity contribution < 1.29 is 23.4 Å². The smallest absolute Gasteiger partial charge is 0.337 e. The third-order valence-electron chi connectivity index (χ3n) is 2.86. The molecule has 0 unspecified atom stereocenters. The highest BCUT2D eigenvalue weighted by Gasteiger charge is 2.20. The van der Waals surface area contributed by atoms with Crippen LogP contribution >= 0.6 is 0 Å². The number of aryl methyl sites for hydroxylation is 1. The minimum absolute atomic E-state index is 0.0643. The number of hydrogen-bond acceptors (Lipinski definition) is 4. The van der Waals surface area contributed by atoms with Gasteiger partial charge in [-0.25, -0.2) is 13.2 Å². The number of phenolic OH excluding ortho intramolecular Hbond substituents is 1. The Morgan fingerprint density at radius 3 is 2.43 bits per heavy atom. The maximum Gasteiger partial charge on any atom is 0.337 e. The first-order chi connectivity index (χ1) is 9.81. The molecule has 0 aliphatic carbocycles. The summed E-state index contributed by atoms with van der Waals surface area (Å²) in [5.74, 6) is -1.60. The van der Waals surface area contributed by atoms with E-state index in [0.29, 0.717) is 5.56 Å². The van der Waals surface area contributed by atoms with Gasteiger partial charge in [-0.1, -0.05) is 18.2 Å². The predicted octanol–water partition coefficient (Wildman–Crippen LogP) is 2.20. The lowest BCUT2D eigenvalue weighted by atomic mass is 10.2. The lowest BCUT2D eigenvalue weighted by molar-refractivity contribution is 0.0697. The molecular formula is C14H13NO5S. The van der Waals surface area contributed by atoms with Crippen LogP contribution < -0.4 is 4.72 Å². The number of aromatic carboxylic acids is 1. The molecule has 2 aromatic rings. The van der Waals surface area contributed by atoms with Crippen molar-refractivity contribution in [2.24, 2.45) is 0 Å². The van der Waals surface area contributed by atoms with Crippen molar-refractivity contribution in [3.63, 3.8) is 0 Å². The molecule has 0 amide bonds. The monoisotopic (exact) mass is 307 g/mol. The number of nitrogens with one attached hydrogen (secondary N) is 1. The SMILES string of the molecule is Cc1ccccc1S(=O)(=O)Nc1ccc(O)cc1C(=O)O. The van der Waals surface area contributed by atoms with Crippen LogP contribution in [0.4, 0.5) is 5.69 Å². The number of hydrogen-bond donors (Lipinski definition) is 3. The van der Waals surface area contributed by atoms with Crippen LogP contribution in [0.5, 0.6) is 5.75 Å². The summed E-state index contributed by atoms with van der Waals surface area (Å²) in [6.07, 6.45) is 0. The normalized spacial score (nSPS) is 11.1. The second-order valence-corrected chi connectivity index (χ2v) is 6.06. The Balaban J connectivity index is 2.47. The molecule has 3 N–H and O–H groups in total. The molecule has 0 aliphatic rings. The van der Waals surface area contributed by atoms with E-state index in [9.17, 15) is 18.3 Å². The van der Waals surface area contributed by atoms with Crippen LogP contribution in [0.2, 0.25) is 0 Å². The lowest BCUT2D eigenvalue weighted by Gasteiger charge is -2.12. The van der Waals surface area contributed by atoms with Crippen LogP contribution in [0.25, 0.3) is 0 Å². The number of rotatable bonds is 4. The summed E-state index contributed by atoms with van der Waals surface area (Å²) in [5.41, 5.74) is 0.108. The summed E-state index contributed by atoms with van der Waals surface area (Å²) in [7, 11) is -3.91. The Hall–Kier alpha value is -2.54. The molecule has 0 saturated heterocycles. The molecule has 0 heterocycles. The van der Waals surface area contributed by atoms with Crippen LogP contribution in [-0.2, 0) is 10.0 Å². The fraction of sp³-hybridized carbons (Fsp3) is 0.0714. The minimum atomic E-state index is -3.91. The van der Waals surface area contributed by atoms with E-state index in [0.717, 1.165) is 6.07 Å². The molecule has 21 heavy (non-hydrogen) atoms. The van der Waals surface area contributed by atoms with Crippen LogP contribution in [0.15, 0.2) is 47.4 Å². The summed E-state index contributed by atoms with van der Waals surface area (Å²) in [4.78, 5) is 11.2. The molecule has 0 aromatic heterocycles. The predicted molar refractivity (Wildman–Crippen MR) is 77.1 cm³/mol. The van der Waals surface area contributed by atoms with Crippen molar-refractivity contribution in [3.8, 4) is 5.75 Å². The Morgan fingerprint density at radius 1 is 1.14 bits per heavy atom.